The highest BCUT2D eigenvalue weighted by Gasteiger charge is 2.75. The van der Waals surface area contributed by atoms with Crippen LogP contribution in [-0.4, -0.2) is 24.5 Å². The Labute approximate surface area is 127 Å². The van der Waals surface area contributed by atoms with E-state index in [0.29, 0.717) is 0 Å². The van der Waals surface area contributed by atoms with Crippen molar-refractivity contribution in [2.45, 2.75) is 29.2 Å². The van der Waals surface area contributed by atoms with E-state index in [9.17, 15) is 4.79 Å². The molecule has 0 saturated heterocycles. The van der Waals surface area contributed by atoms with E-state index in [-0.39, 0.29) is 23.4 Å². The first-order valence-electron chi connectivity index (χ1n) is 7.00. The van der Waals surface area contributed by atoms with Crippen LogP contribution in [0.2, 0.25) is 0 Å². The molecule has 4 heteroatoms. The molecule has 2 saturated carbocycles. The summed E-state index contributed by atoms with van der Waals surface area (Å²) in [5.41, 5.74) is 0.799. The maximum Gasteiger partial charge on any atom is 0.323 e. The summed E-state index contributed by atoms with van der Waals surface area (Å²) in [7, 11) is 3.21. The minimum absolute atomic E-state index is 0.119. The third-order valence-electron chi connectivity index (χ3n) is 5.10. The van der Waals surface area contributed by atoms with Crippen LogP contribution < -0.4 is 0 Å². The van der Waals surface area contributed by atoms with E-state index in [2.05, 4.69) is 28.1 Å². The summed E-state index contributed by atoms with van der Waals surface area (Å²) >= 11 is 3.70. The zero-order valence-corrected chi connectivity index (χ0v) is 13.4. The highest BCUT2D eigenvalue weighted by atomic mass is 79.9. The minimum atomic E-state index is -0.591. The summed E-state index contributed by atoms with van der Waals surface area (Å²) in [6.07, 6.45) is 3.08. The molecule has 2 atom stereocenters. The van der Waals surface area contributed by atoms with Crippen molar-refractivity contribution in [2.75, 3.05) is 14.2 Å². The molecule has 0 N–H and O–H groups in total. The molecule has 0 amide bonds. The van der Waals surface area contributed by atoms with E-state index in [1.54, 1.807) is 7.11 Å². The van der Waals surface area contributed by atoms with E-state index >= 15 is 0 Å². The van der Waals surface area contributed by atoms with Gasteiger partial charge in [0.2, 0.25) is 0 Å². The number of halogens is 1. The van der Waals surface area contributed by atoms with Gasteiger partial charge in [0.15, 0.2) is 0 Å². The Morgan fingerprint density at radius 1 is 1.20 bits per heavy atom. The summed E-state index contributed by atoms with van der Waals surface area (Å²) in [6.45, 7) is 0. The molecule has 1 aromatic carbocycles. The fourth-order valence-electron chi connectivity index (χ4n) is 4.33. The minimum Gasteiger partial charge on any atom is -0.468 e. The summed E-state index contributed by atoms with van der Waals surface area (Å²) in [4.78, 5) is 12.2. The normalized spacial score (nSPS) is 39.0. The van der Waals surface area contributed by atoms with E-state index in [1.807, 2.05) is 18.2 Å². The number of carbonyl (C=O) groups excluding carboxylic acids is 1. The van der Waals surface area contributed by atoms with Crippen LogP contribution in [0.5, 0.6) is 0 Å². The molecule has 108 valence electrons. The van der Waals surface area contributed by atoms with Crippen LogP contribution in [0.1, 0.15) is 24.8 Å². The lowest BCUT2D eigenvalue weighted by atomic mass is 9.45. The van der Waals surface area contributed by atoms with Gasteiger partial charge in [0.1, 0.15) is 9.93 Å². The predicted octanol–water partition coefficient (Wildman–Crippen LogP) is 3.26. The van der Waals surface area contributed by atoms with E-state index < -0.39 is 4.32 Å². The van der Waals surface area contributed by atoms with Crippen molar-refractivity contribution in [3.8, 4) is 0 Å². The maximum absolute atomic E-state index is 12.2. The number of rotatable bonds is 3. The third-order valence-corrected chi connectivity index (χ3v) is 6.53. The van der Waals surface area contributed by atoms with Crippen LogP contribution in [0.4, 0.5) is 0 Å². The van der Waals surface area contributed by atoms with Crippen molar-refractivity contribution in [3.63, 3.8) is 0 Å². The van der Waals surface area contributed by atoms with Gasteiger partial charge >= 0.3 is 5.97 Å². The second-order valence-corrected chi connectivity index (χ2v) is 6.97. The fourth-order valence-corrected chi connectivity index (χ4v) is 5.63. The Hall–Kier alpha value is -0.870. The molecule has 0 unspecified atom stereocenters. The Kier molecular flexibility index (Phi) is 3.41. The highest BCUT2D eigenvalue weighted by Crippen LogP contribution is 2.70. The largest absolute Gasteiger partial charge is 0.468 e. The summed E-state index contributed by atoms with van der Waals surface area (Å²) in [6, 6.07) is 10.2. The monoisotopic (exact) mass is 338 g/mol. The first-order chi connectivity index (χ1) is 9.62. The Bertz CT molecular complexity index is 502. The van der Waals surface area contributed by atoms with Crippen molar-refractivity contribution < 1.29 is 14.3 Å². The third kappa shape index (κ3) is 1.52. The summed E-state index contributed by atoms with van der Waals surface area (Å²) < 4.78 is 10.4. The van der Waals surface area contributed by atoms with E-state index in [4.69, 9.17) is 9.47 Å². The molecule has 3 rings (SSSR count). The van der Waals surface area contributed by atoms with Crippen LogP contribution in [0.25, 0.3) is 0 Å². The summed E-state index contributed by atoms with van der Waals surface area (Å²) in [5.74, 6) is 0.0676. The molecule has 2 fully saturated rings. The molecule has 2 bridgehead atoms. The molecule has 0 aliphatic heterocycles. The smallest absolute Gasteiger partial charge is 0.323 e. The average molecular weight is 339 g/mol. The van der Waals surface area contributed by atoms with Gasteiger partial charge in [-0.2, -0.15) is 0 Å². The Morgan fingerprint density at radius 2 is 1.80 bits per heavy atom. The van der Waals surface area contributed by atoms with Gasteiger partial charge in [-0.1, -0.05) is 52.7 Å². The molecular formula is C16H19BrO3. The molecule has 0 spiro atoms. The molecule has 20 heavy (non-hydrogen) atoms. The Morgan fingerprint density at radius 3 is 2.30 bits per heavy atom. The van der Waals surface area contributed by atoms with Gasteiger partial charge in [-0.3, -0.25) is 4.79 Å². The molecule has 3 nitrogen and oxygen atoms in total. The van der Waals surface area contributed by atoms with Gasteiger partial charge in [0, 0.05) is 18.9 Å². The zero-order valence-electron chi connectivity index (χ0n) is 11.8. The number of alkyl halides is 1. The SMILES string of the molecule is COC(=O)C1(Br)[C@H]2CCC[C@H]1C2(OC)c1ccccc1. The molecule has 0 aromatic heterocycles. The lowest BCUT2D eigenvalue weighted by Crippen LogP contribution is -2.74. The van der Waals surface area contributed by atoms with E-state index in [0.717, 1.165) is 24.8 Å². The first-order valence-corrected chi connectivity index (χ1v) is 7.79. The van der Waals surface area contributed by atoms with Crippen LogP contribution in [0.15, 0.2) is 30.3 Å². The van der Waals surface area contributed by atoms with Gasteiger partial charge in [0.25, 0.3) is 0 Å². The van der Waals surface area contributed by atoms with Gasteiger partial charge < -0.3 is 9.47 Å². The number of hydrogen-bond donors (Lipinski definition) is 0. The number of benzene rings is 1. The van der Waals surface area contributed by atoms with Crippen molar-refractivity contribution in [2.24, 2.45) is 11.8 Å². The number of fused-ring (bicyclic) bond motifs is 2. The molecule has 1 aromatic rings. The topological polar surface area (TPSA) is 35.5 Å². The standard InChI is InChI=1S/C16H19BrO3/c1-19-14(18)15(17)12-9-6-10-13(15)16(12,20-2)11-7-4-3-5-8-11/h3-5,7-8,12-13H,6,9-10H2,1-2H3/t12-,13-,15?,16?/m1/s1. The molecular weight excluding hydrogens is 320 g/mol. The van der Waals surface area contributed by atoms with Gasteiger partial charge in [0.05, 0.1) is 7.11 Å². The average Bonchev–Trinajstić information content (AvgIpc) is 2.53. The molecule has 2 aliphatic rings. The first kappa shape index (κ1) is 14.1. The number of carbonyl (C=O) groups is 1. The van der Waals surface area contributed by atoms with Crippen molar-refractivity contribution in [3.05, 3.63) is 35.9 Å². The molecule has 0 heterocycles. The van der Waals surface area contributed by atoms with E-state index in [1.165, 1.54) is 7.11 Å². The van der Waals surface area contributed by atoms with Crippen LogP contribution in [-0.2, 0) is 19.9 Å². The van der Waals surface area contributed by atoms with Crippen molar-refractivity contribution in [1.29, 1.82) is 0 Å². The van der Waals surface area contributed by atoms with Crippen LogP contribution in [0.3, 0.4) is 0 Å². The van der Waals surface area contributed by atoms with Gasteiger partial charge in [-0.25, -0.2) is 0 Å². The molecule has 0 radical (unpaired) electrons. The number of ether oxygens (including phenoxy) is 2. The number of methoxy groups -OCH3 is 2. The maximum atomic E-state index is 12.2. The predicted molar refractivity (Wildman–Crippen MR) is 79.6 cm³/mol. The lowest BCUT2D eigenvalue weighted by molar-refractivity contribution is -0.235. The number of esters is 1. The second-order valence-electron chi connectivity index (χ2n) is 5.66. The van der Waals surface area contributed by atoms with Crippen LogP contribution >= 0.6 is 15.9 Å². The fraction of sp³-hybridized carbons (Fsp3) is 0.562. The summed E-state index contributed by atoms with van der Waals surface area (Å²) in [5, 5.41) is 0. The zero-order chi connectivity index (χ0) is 14.4. The molecule has 2 aliphatic carbocycles. The lowest BCUT2D eigenvalue weighted by Gasteiger charge is -2.67. The van der Waals surface area contributed by atoms with Crippen molar-refractivity contribution in [1.82, 2.24) is 0 Å². The van der Waals surface area contributed by atoms with Crippen LogP contribution in [0, 0.1) is 11.8 Å². The highest BCUT2D eigenvalue weighted by molar-refractivity contribution is 9.10. The second kappa shape index (κ2) is 4.85. The quantitative estimate of drug-likeness (QED) is 0.626. The Balaban J connectivity index is 2.06. The van der Waals surface area contributed by atoms with Crippen molar-refractivity contribution >= 4 is 21.9 Å². The van der Waals surface area contributed by atoms with Gasteiger partial charge in [-0.05, 0) is 18.4 Å². The van der Waals surface area contributed by atoms with Gasteiger partial charge in [-0.15, -0.1) is 0 Å². The number of hydrogen-bond acceptors (Lipinski definition) is 3.